The Labute approximate surface area is 79.7 Å². The molecule has 1 fully saturated rings. The van der Waals surface area contributed by atoms with Gasteiger partial charge < -0.3 is 0 Å². The van der Waals surface area contributed by atoms with Gasteiger partial charge >= 0.3 is 0 Å². The number of hydrogen-bond acceptors (Lipinski definition) is 1. The van der Waals surface area contributed by atoms with Gasteiger partial charge in [-0.05, 0) is 24.2 Å². The van der Waals surface area contributed by atoms with Crippen LogP contribution in [0.15, 0.2) is 0 Å². The van der Waals surface area contributed by atoms with E-state index in [1.807, 2.05) is 0 Å². The number of carbonyl (C=O) groups excluding carboxylic acids is 1. The normalized spacial score (nSPS) is 30.6. The Morgan fingerprint density at radius 1 is 1.54 bits per heavy atom. The van der Waals surface area contributed by atoms with Crippen molar-refractivity contribution in [2.75, 3.05) is 0 Å². The number of Topliss-reactive ketones (excluding diaryl/α,β-unsaturated/α-hetero) is 1. The molecule has 2 atom stereocenters. The molecule has 0 aliphatic heterocycles. The molecule has 13 heavy (non-hydrogen) atoms. The molecule has 0 spiro atoms. The van der Waals surface area contributed by atoms with Gasteiger partial charge in [0.15, 0.2) is 12.0 Å². The minimum Gasteiger partial charge on any atom is -0.296 e. The quantitative estimate of drug-likeness (QED) is 0.647. The summed E-state index contributed by atoms with van der Waals surface area (Å²) in [7, 11) is 0. The van der Waals surface area contributed by atoms with Gasteiger partial charge in [-0.2, -0.15) is 0 Å². The molecule has 0 bridgehead atoms. The smallest absolute Gasteiger partial charge is 0.166 e. The minimum atomic E-state index is -1.19. The van der Waals surface area contributed by atoms with Gasteiger partial charge in [-0.15, -0.1) is 0 Å². The Kier molecular flexibility index (Phi) is 3.09. The summed E-state index contributed by atoms with van der Waals surface area (Å²) in [6.07, 6.45) is 1.62. The summed E-state index contributed by atoms with van der Waals surface area (Å²) in [6.45, 7) is 6.46. The molecule has 0 heterocycles. The SMILES string of the molecule is CCC(C)(C)[C@@H]1CCC(=O)[C@H](F)C1. The van der Waals surface area contributed by atoms with Crippen molar-refractivity contribution >= 4 is 5.78 Å². The van der Waals surface area contributed by atoms with Crippen molar-refractivity contribution in [1.29, 1.82) is 0 Å². The van der Waals surface area contributed by atoms with Crippen LogP contribution in [0.4, 0.5) is 4.39 Å². The summed E-state index contributed by atoms with van der Waals surface area (Å²) in [5, 5.41) is 0. The van der Waals surface area contributed by atoms with Gasteiger partial charge in [0.05, 0.1) is 0 Å². The average Bonchev–Trinajstić information content (AvgIpc) is 2.09. The van der Waals surface area contributed by atoms with Gasteiger partial charge in [0, 0.05) is 6.42 Å². The highest BCUT2D eigenvalue weighted by Gasteiger charge is 2.36. The zero-order valence-corrected chi connectivity index (χ0v) is 8.77. The van der Waals surface area contributed by atoms with Crippen molar-refractivity contribution in [3.05, 3.63) is 0 Å². The first-order valence-corrected chi connectivity index (χ1v) is 5.14. The second-order valence-electron chi connectivity index (χ2n) is 4.75. The second kappa shape index (κ2) is 3.77. The Morgan fingerprint density at radius 2 is 2.15 bits per heavy atom. The minimum absolute atomic E-state index is 0.186. The molecule has 1 aliphatic rings. The highest BCUT2D eigenvalue weighted by Crippen LogP contribution is 2.40. The van der Waals surface area contributed by atoms with Crippen LogP contribution in [0.2, 0.25) is 0 Å². The lowest BCUT2D eigenvalue weighted by Crippen LogP contribution is -2.34. The molecule has 0 N–H and O–H groups in total. The lowest BCUT2D eigenvalue weighted by Gasteiger charge is -2.36. The zero-order valence-electron chi connectivity index (χ0n) is 8.77. The van der Waals surface area contributed by atoms with Crippen LogP contribution in [-0.4, -0.2) is 12.0 Å². The Hall–Kier alpha value is -0.400. The average molecular weight is 186 g/mol. The van der Waals surface area contributed by atoms with Crippen LogP contribution in [0.1, 0.15) is 46.5 Å². The number of halogens is 1. The van der Waals surface area contributed by atoms with E-state index >= 15 is 0 Å². The van der Waals surface area contributed by atoms with Crippen molar-refractivity contribution in [2.24, 2.45) is 11.3 Å². The van der Waals surface area contributed by atoms with Gasteiger partial charge in [0.1, 0.15) is 0 Å². The Morgan fingerprint density at radius 3 is 2.62 bits per heavy atom. The largest absolute Gasteiger partial charge is 0.296 e. The monoisotopic (exact) mass is 186 g/mol. The third-order valence-electron chi connectivity index (χ3n) is 3.60. The lowest BCUT2D eigenvalue weighted by molar-refractivity contribution is -0.127. The molecule has 0 saturated heterocycles. The maximum Gasteiger partial charge on any atom is 0.166 e. The van der Waals surface area contributed by atoms with E-state index < -0.39 is 6.17 Å². The van der Waals surface area contributed by atoms with E-state index in [4.69, 9.17) is 0 Å². The fourth-order valence-corrected chi connectivity index (χ4v) is 1.97. The summed E-state index contributed by atoms with van der Waals surface area (Å²) in [6, 6.07) is 0. The summed E-state index contributed by atoms with van der Waals surface area (Å²) in [5.74, 6) is 0.188. The van der Waals surface area contributed by atoms with E-state index in [-0.39, 0.29) is 11.2 Å². The molecule has 0 radical (unpaired) electrons. The topological polar surface area (TPSA) is 17.1 Å². The van der Waals surface area contributed by atoms with Crippen LogP contribution < -0.4 is 0 Å². The lowest BCUT2D eigenvalue weighted by atomic mass is 9.69. The van der Waals surface area contributed by atoms with Gasteiger partial charge in [0.25, 0.3) is 0 Å². The molecule has 2 heteroatoms. The number of hydrogen-bond donors (Lipinski definition) is 0. The molecule has 0 aromatic rings. The summed E-state index contributed by atoms with van der Waals surface area (Å²) >= 11 is 0. The van der Waals surface area contributed by atoms with E-state index in [9.17, 15) is 9.18 Å². The molecule has 0 aromatic heterocycles. The molecular formula is C11H19FO. The summed E-state index contributed by atoms with van der Waals surface area (Å²) in [4.78, 5) is 11.0. The third-order valence-corrected chi connectivity index (χ3v) is 3.60. The van der Waals surface area contributed by atoms with E-state index in [0.717, 1.165) is 12.8 Å². The Balaban J connectivity index is 2.60. The second-order valence-corrected chi connectivity index (χ2v) is 4.75. The molecule has 1 aliphatic carbocycles. The number of carbonyl (C=O) groups is 1. The van der Waals surface area contributed by atoms with Crippen molar-refractivity contribution in [3.8, 4) is 0 Å². The summed E-state index contributed by atoms with van der Waals surface area (Å²) in [5.41, 5.74) is 0.186. The van der Waals surface area contributed by atoms with Gasteiger partial charge in [0.2, 0.25) is 0 Å². The van der Waals surface area contributed by atoms with Crippen LogP contribution in [0.25, 0.3) is 0 Å². The van der Waals surface area contributed by atoms with Crippen LogP contribution in [0.5, 0.6) is 0 Å². The third kappa shape index (κ3) is 2.29. The van der Waals surface area contributed by atoms with Crippen molar-refractivity contribution < 1.29 is 9.18 Å². The number of ketones is 1. The maximum atomic E-state index is 13.1. The predicted octanol–water partition coefficient (Wildman–Crippen LogP) is 3.13. The van der Waals surface area contributed by atoms with Crippen LogP contribution >= 0.6 is 0 Å². The molecule has 1 rings (SSSR count). The summed E-state index contributed by atoms with van der Waals surface area (Å²) < 4.78 is 13.1. The molecule has 1 nitrogen and oxygen atoms in total. The molecule has 76 valence electrons. The van der Waals surface area contributed by atoms with E-state index in [0.29, 0.717) is 18.8 Å². The first-order chi connectivity index (χ1) is 5.97. The fraction of sp³-hybridized carbons (Fsp3) is 0.909. The van der Waals surface area contributed by atoms with Crippen molar-refractivity contribution in [2.45, 2.75) is 52.6 Å². The van der Waals surface area contributed by atoms with Crippen LogP contribution in [0.3, 0.4) is 0 Å². The fourth-order valence-electron chi connectivity index (χ4n) is 1.97. The Bertz CT molecular complexity index is 198. The molecule has 1 saturated carbocycles. The molecular weight excluding hydrogens is 167 g/mol. The molecule has 0 unspecified atom stereocenters. The molecule has 0 aromatic carbocycles. The first-order valence-electron chi connectivity index (χ1n) is 5.14. The van der Waals surface area contributed by atoms with E-state index in [1.165, 1.54) is 0 Å². The first kappa shape index (κ1) is 10.7. The van der Waals surface area contributed by atoms with Crippen molar-refractivity contribution in [1.82, 2.24) is 0 Å². The zero-order chi connectivity index (χ0) is 10.1. The standard InChI is InChI=1S/C11H19FO/c1-4-11(2,3)8-5-6-10(13)9(12)7-8/h8-9H,4-7H2,1-3H3/t8-,9-/m1/s1. The van der Waals surface area contributed by atoms with Crippen LogP contribution in [0, 0.1) is 11.3 Å². The predicted molar refractivity (Wildman–Crippen MR) is 51.3 cm³/mol. The van der Waals surface area contributed by atoms with E-state index in [1.54, 1.807) is 0 Å². The number of alkyl halides is 1. The van der Waals surface area contributed by atoms with Crippen LogP contribution in [-0.2, 0) is 4.79 Å². The number of rotatable bonds is 2. The maximum absolute atomic E-state index is 13.1. The van der Waals surface area contributed by atoms with Gasteiger partial charge in [-0.1, -0.05) is 27.2 Å². The molecule has 0 amide bonds. The van der Waals surface area contributed by atoms with E-state index in [2.05, 4.69) is 20.8 Å². The highest BCUT2D eigenvalue weighted by molar-refractivity contribution is 5.83. The van der Waals surface area contributed by atoms with Gasteiger partial charge in [-0.3, -0.25) is 4.79 Å². The van der Waals surface area contributed by atoms with Crippen molar-refractivity contribution in [3.63, 3.8) is 0 Å². The van der Waals surface area contributed by atoms with Gasteiger partial charge in [-0.25, -0.2) is 4.39 Å². The highest BCUT2D eigenvalue weighted by atomic mass is 19.1.